The molecule has 4 heteroatoms. The number of aryl methyl sites for hydroxylation is 1. The van der Waals surface area contributed by atoms with Crippen molar-refractivity contribution in [1.82, 2.24) is 9.78 Å². The molecular weight excluding hydrogens is 282 g/mol. The van der Waals surface area contributed by atoms with Crippen LogP contribution in [0.2, 0.25) is 5.02 Å². The molecule has 21 heavy (non-hydrogen) atoms. The fraction of sp³-hybridized carbons (Fsp3) is 0.118. The van der Waals surface area contributed by atoms with Crippen LogP contribution >= 0.6 is 11.6 Å². The van der Waals surface area contributed by atoms with Gasteiger partial charge in [0, 0.05) is 24.0 Å². The Labute approximate surface area is 129 Å². The molecule has 1 aromatic heterocycles. The summed E-state index contributed by atoms with van der Waals surface area (Å²) in [4.78, 5) is 0. The molecule has 0 aliphatic heterocycles. The number of aromatic nitrogens is 2. The van der Waals surface area contributed by atoms with Crippen molar-refractivity contribution in [3.63, 3.8) is 0 Å². The molecule has 3 rings (SSSR count). The molecule has 3 nitrogen and oxygen atoms in total. The van der Waals surface area contributed by atoms with Crippen molar-refractivity contribution in [3.8, 4) is 5.69 Å². The van der Waals surface area contributed by atoms with Gasteiger partial charge in [0.2, 0.25) is 0 Å². The second-order valence-electron chi connectivity index (χ2n) is 4.89. The van der Waals surface area contributed by atoms with Crippen molar-refractivity contribution in [2.45, 2.75) is 13.5 Å². The summed E-state index contributed by atoms with van der Waals surface area (Å²) < 4.78 is 1.83. The summed E-state index contributed by atoms with van der Waals surface area (Å²) in [5.41, 5.74) is 4.49. The number of benzene rings is 2. The van der Waals surface area contributed by atoms with Gasteiger partial charge in [-0.25, -0.2) is 4.68 Å². The average Bonchev–Trinajstić information content (AvgIpc) is 3.00. The zero-order valence-electron chi connectivity index (χ0n) is 11.8. The van der Waals surface area contributed by atoms with E-state index in [0.717, 1.165) is 17.9 Å². The van der Waals surface area contributed by atoms with Gasteiger partial charge in [0.05, 0.1) is 11.4 Å². The molecular formula is C17H16ClN3. The van der Waals surface area contributed by atoms with Crippen molar-refractivity contribution < 1.29 is 0 Å². The van der Waals surface area contributed by atoms with Crippen molar-refractivity contribution in [2.24, 2.45) is 0 Å². The summed E-state index contributed by atoms with van der Waals surface area (Å²) in [6.07, 6.45) is 3.68. The van der Waals surface area contributed by atoms with Crippen LogP contribution in [0, 0.1) is 6.92 Å². The Bertz CT molecular complexity index is 736. The van der Waals surface area contributed by atoms with E-state index >= 15 is 0 Å². The highest BCUT2D eigenvalue weighted by Gasteiger charge is 2.06. The lowest BCUT2D eigenvalue weighted by Crippen LogP contribution is -2.05. The maximum absolute atomic E-state index is 6.12. The molecule has 0 bridgehead atoms. The number of halogens is 1. The van der Waals surface area contributed by atoms with Crippen LogP contribution in [0.1, 0.15) is 11.1 Å². The third-order valence-corrected chi connectivity index (χ3v) is 3.68. The first-order valence-corrected chi connectivity index (χ1v) is 7.20. The minimum atomic E-state index is 0.707. The quantitative estimate of drug-likeness (QED) is 0.771. The lowest BCUT2D eigenvalue weighted by molar-refractivity contribution is 0.879. The maximum atomic E-state index is 6.12. The van der Waals surface area contributed by atoms with E-state index in [0.29, 0.717) is 5.02 Å². The number of hydrogen-bond donors (Lipinski definition) is 1. The molecule has 1 heterocycles. The van der Waals surface area contributed by atoms with Crippen LogP contribution in [0.5, 0.6) is 0 Å². The topological polar surface area (TPSA) is 29.9 Å². The van der Waals surface area contributed by atoms with Gasteiger partial charge >= 0.3 is 0 Å². The number of anilines is 1. The summed E-state index contributed by atoms with van der Waals surface area (Å²) in [5.74, 6) is 0. The van der Waals surface area contributed by atoms with Gasteiger partial charge in [-0.1, -0.05) is 35.9 Å². The van der Waals surface area contributed by atoms with E-state index in [1.54, 1.807) is 6.20 Å². The Kier molecular flexibility index (Phi) is 3.93. The zero-order valence-corrected chi connectivity index (χ0v) is 12.5. The summed E-state index contributed by atoms with van der Waals surface area (Å²) >= 11 is 6.12. The molecule has 0 spiro atoms. The Hall–Kier alpha value is -2.26. The van der Waals surface area contributed by atoms with E-state index in [9.17, 15) is 0 Å². The van der Waals surface area contributed by atoms with Crippen LogP contribution in [-0.4, -0.2) is 9.78 Å². The Balaban J connectivity index is 1.88. The number of hydrogen-bond acceptors (Lipinski definition) is 2. The zero-order chi connectivity index (χ0) is 14.7. The molecule has 0 saturated heterocycles. The van der Waals surface area contributed by atoms with E-state index in [-0.39, 0.29) is 0 Å². The molecule has 2 aromatic carbocycles. The molecule has 0 radical (unpaired) electrons. The normalized spacial score (nSPS) is 10.6. The first-order chi connectivity index (χ1) is 10.2. The summed E-state index contributed by atoms with van der Waals surface area (Å²) in [5, 5.41) is 8.44. The first kappa shape index (κ1) is 13.7. The molecule has 0 atom stereocenters. The highest BCUT2D eigenvalue weighted by Crippen LogP contribution is 2.25. The molecule has 0 saturated carbocycles. The van der Waals surface area contributed by atoms with Gasteiger partial charge < -0.3 is 5.32 Å². The van der Waals surface area contributed by atoms with Gasteiger partial charge in [-0.15, -0.1) is 0 Å². The highest BCUT2D eigenvalue weighted by atomic mass is 35.5. The van der Waals surface area contributed by atoms with E-state index in [4.69, 9.17) is 11.6 Å². The molecule has 1 N–H and O–H groups in total. The van der Waals surface area contributed by atoms with Crippen molar-refractivity contribution in [1.29, 1.82) is 0 Å². The molecule has 0 fully saturated rings. The average molecular weight is 298 g/mol. The second kappa shape index (κ2) is 6.02. The van der Waals surface area contributed by atoms with E-state index < -0.39 is 0 Å². The fourth-order valence-corrected chi connectivity index (χ4v) is 2.43. The Morgan fingerprint density at radius 2 is 2.00 bits per heavy atom. The van der Waals surface area contributed by atoms with Gasteiger partial charge in [-0.2, -0.15) is 5.10 Å². The molecule has 106 valence electrons. The van der Waals surface area contributed by atoms with Crippen LogP contribution < -0.4 is 5.32 Å². The standard InChI is InChI=1S/C17H16ClN3/c1-13-5-2-3-6-14(13)12-19-16-11-15(18)7-8-17(16)21-10-4-9-20-21/h2-11,19H,12H2,1H3. The van der Waals surface area contributed by atoms with Crippen LogP contribution in [0.25, 0.3) is 5.69 Å². The van der Waals surface area contributed by atoms with Crippen molar-refractivity contribution in [2.75, 3.05) is 5.32 Å². The lowest BCUT2D eigenvalue weighted by atomic mass is 10.1. The van der Waals surface area contributed by atoms with Gasteiger partial charge in [0.25, 0.3) is 0 Å². The van der Waals surface area contributed by atoms with E-state index in [1.807, 2.05) is 41.2 Å². The third-order valence-electron chi connectivity index (χ3n) is 3.44. The first-order valence-electron chi connectivity index (χ1n) is 6.82. The minimum Gasteiger partial charge on any atom is -0.379 e. The molecule has 0 unspecified atom stereocenters. The fourth-order valence-electron chi connectivity index (χ4n) is 2.26. The van der Waals surface area contributed by atoms with Crippen molar-refractivity contribution in [3.05, 3.63) is 77.1 Å². The predicted molar refractivity (Wildman–Crippen MR) is 87.1 cm³/mol. The maximum Gasteiger partial charge on any atom is 0.0877 e. The predicted octanol–water partition coefficient (Wildman–Crippen LogP) is 4.45. The number of nitrogens with one attached hydrogen (secondary N) is 1. The Morgan fingerprint density at radius 1 is 1.14 bits per heavy atom. The molecule has 0 amide bonds. The lowest BCUT2D eigenvalue weighted by Gasteiger charge is -2.14. The van der Waals surface area contributed by atoms with E-state index in [2.05, 4.69) is 35.5 Å². The van der Waals surface area contributed by atoms with Crippen LogP contribution in [-0.2, 0) is 6.54 Å². The summed E-state index contributed by atoms with van der Waals surface area (Å²) in [6, 6.07) is 16.0. The summed E-state index contributed by atoms with van der Waals surface area (Å²) in [6.45, 7) is 2.87. The smallest absolute Gasteiger partial charge is 0.0877 e. The minimum absolute atomic E-state index is 0.707. The Morgan fingerprint density at radius 3 is 2.76 bits per heavy atom. The van der Waals surface area contributed by atoms with Crippen LogP contribution in [0.4, 0.5) is 5.69 Å². The SMILES string of the molecule is Cc1ccccc1CNc1cc(Cl)ccc1-n1cccn1. The molecule has 3 aromatic rings. The second-order valence-corrected chi connectivity index (χ2v) is 5.33. The van der Waals surface area contributed by atoms with Gasteiger partial charge in [-0.05, 0) is 42.3 Å². The van der Waals surface area contributed by atoms with E-state index in [1.165, 1.54) is 11.1 Å². The summed E-state index contributed by atoms with van der Waals surface area (Å²) in [7, 11) is 0. The molecule has 0 aliphatic carbocycles. The van der Waals surface area contributed by atoms with Gasteiger partial charge in [0.1, 0.15) is 0 Å². The molecule has 0 aliphatic rings. The van der Waals surface area contributed by atoms with Crippen LogP contribution in [0.3, 0.4) is 0 Å². The largest absolute Gasteiger partial charge is 0.379 e. The highest BCUT2D eigenvalue weighted by molar-refractivity contribution is 6.31. The monoisotopic (exact) mass is 297 g/mol. The van der Waals surface area contributed by atoms with Gasteiger partial charge in [-0.3, -0.25) is 0 Å². The van der Waals surface area contributed by atoms with Crippen LogP contribution in [0.15, 0.2) is 60.9 Å². The third kappa shape index (κ3) is 3.09. The number of nitrogens with zero attached hydrogens (tertiary/aromatic N) is 2. The van der Waals surface area contributed by atoms with Crippen molar-refractivity contribution >= 4 is 17.3 Å². The number of rotatable bonds is 4. The van der Waals surface area contributed by atoms with Gasteiger partial charge in [0.15, 0.2) is 0 Å².